The summed E-state index contributed by atoms with van der Waals surface area (Å²) in [5, 5.41) is 3.67. The van der Waals surface area contributed by atoms with E-state index in [2.05, 4.69) is 5.32 Å². The first-order chi connectivity index (χ1) is 12.5. The molecule has 1 saturated heterocycles. The Kier molecular flexibility index (Phi) is 5.83. The Hall–Kier alpha value is -2.06. The quantitative estimate of drug-likeness (QED) is 0.755. The van der Waals surface area contributed by atoms with E-state index >= 15 is 0 Å². The molecule has 1 aromatic heterocycles. The SMILES string of the molecule is CCOc1ccc(NC(=S)N(Cc2ccco2)[C@@H]2CCS(=O)(=O)C2)cc1. The predicted molar refractivity (Wildman–Crippen MR) is 105 cm³/mol. The van der Waals surface area contributed by atoms with Crippen LogP contribution in [0.3, 0.4) is 0 Å². The molecule has 1 fully saturated rings. The van der Waals surface area contributed by atoms with Gasteiger partial charge in [-0.05, 0) is 62.0 Å². The van der Waals surface area contributed by atoms with Crippen molar-refractivity contribution >= 4 is 32.9 Å². The van der Waals surface area contributed by atoms with E-state index in [1.807, 2.05) is 48.2 Å². The van der Waals surface area contributed by atoms with Gasteiger partial charge in [-0.1, -0.05) is 0 Å². The molecule has 1 aliphatic rings. The number of benzene rings is 1. The van der Waals surface area contributed by atoms with Crippen LogP contribution in [-0.4, -0.2) is 42.6 Å². The lowest BCUT2D eigenvalue weighted by Crippen LogP contribution is -2.42. The van der Waals surface area contributed by atoms with Crippen LogP contribution >= 0.6 is 12.2 Å². The van der Waals surface area contributed by atoms with E-state index in [0.29, 0.717) is 24.7 Å². The number of nitrogens with one attached hydrogen (secondary N) is 1. The first kappa shape index (κ1) is 18.7. The second kappa shape index (κ2) is 8.09. The fraction of sp³-hybridized carbons (Fsp3) is 0.389. The zero-order chi connectivity index (χ0) is 18.6. The molecule has 0 unspecified atom stereocenters. The van der Waals surface area contributed by atoms with Crippen molar-refractivity contribution in [3.05, 3.63) is 48.4 Å². The minimum Gasteiger partial charge on any atom is -0.494 e. The van der Waals surface area contributed by atoms with Gasteiger partial charge in [-0.3, -0.25) is 0 Å². The number of anilines is 1. The molecule has 3 rings (SSSR count). The van der Waals surface area contributed by atoms with E-state index in [1.54, 1.807) is 6.26 Å². The summed E-state index contributed by atoms with van der Waals surface area (Å²) in [6.45, 7) is 2.97. The molecule has 0 radical (unpaired) electrons. The number of hydrogen-bond acceptors (Lipinski definition) is 5. The maximum Gasteiger partial charge on any atom is 0.174 e. The zero-order valence-electron chi connectivity index (χ0n) is 14.6. The Morgan fingerprint density at radius 2 is 2.12 bits per heavy atom. The van der Waals surface area contributed by atoms with Gasteiger partial charge >= 0.3 is 0 Å². The molecule has 8 heteroatoms. The van der Waals surface area contributed by atoms with Crippen LogP contribution in [0.25, 0.3) is 0 Å². The van der Waals surface area contributed by atoms with Crippen molar-refractivity contribution in [2.75, 3.05) is 23.4 Å². The minimum absolute atomic E-state index is 0.110. The number of nitrogens with zero attached hydrogens (tertiary/aromatic N) is 1. The van der Waals surface area contributed by atoms with Gasteiger partial charge in [-0.2, -0.15) is 0 Å². The monoisotopic (exact) mass is 394 g/mol. The topological polar surface area (TPSA) is 71.8 Å². The Morgan fingerprint density at radius 3 is 2.69 bits per heavy atom. The third-order valence-corrected chi connectivity index (χ3v) is 6.32. The van der Waals surface area contributed by atoms with E-state index in [9.17, 15) is 8.42 Å². The number of thiocarbonyl (C=S) groups is 1. The number of furan rings is 1. The third kappa shape index (κ3) is 4.76. The van der Waals surface area contributed by atoms with Crippen LogP contribution in [0.15, 0.2) is 47.1 Å². The predicted octanol–water partition coefficient (Wildman–Crippen LogP) is 3.06. The van der Waals surface area contributed by atoms with Crippen molar-refractivity contribution in [3.63, 3.8) is 0 Å². The van der Waals surface area contributed by atoms with E-state index in [4.69, 9.17) is 21.4 Å². The Labute approximate surface area is 159 Å². The summed E-state index contributed by atoms with van der Waals surface area (Å²) in [7, 11) is -3.01. The summed E-state index contributed by atoms with van der Waals surface area (Å²) >= 11 is 5.57. The standard InChI is InChI=1S/C18H22N2O4S2/c1-2-23-16-7-5-14(6-8-16)19-18(25)20(12-17-4-3-10-24-17)15-9-11-26(21,22)13-15/h3-8,10,15H,2,9,11-13H2,1H3,(H,19,25)/t15-/m1/s1. The number of sulfone groups is 1. The molecule has 0 saturated carbocycles. The van der Waals surface area contributed by atoms with Gasteiger partial charge in [0.05, 0.1) is 30.9 Å². The van der Waals surface area contributed by atoms with Crippen molar-refractivity contribution in [1.29, 1.82) is 0 Å². The molecule has 0 amide bonds. The number of ether oxygens (including phenoxy) is 1. The van der Waals surface area contributed by atoms with Crippen molar-refractivity contribution in [2.24, 2.45) is 0 Å². The minimum atomic E-state index is -3.01. The lowest BCUT2D eigenvalue weighted by molar-refractivity contribution is 0.302. The van der Waals surface area contributed by atoms with Gasteiger partial charge in [0, 0.05) is 11.7 Å². The summed E-state index contributed by atoms with van der Waals surface area (Å²) in [5.74, 6) is 1.83. The van der Waals surface area contributed by atoms with E-state index in [-0.39, 0.29) is 17.5 Å². The molecule has 1 N–H and O–H groups in total. The maximum absolute atomic E-state index is 11.9. The largest absolute Gasteiger partial charge is 0.494 e. The Balaban J connectivity index is 1.73. The Bertz CT molecular complexity index is 833. The van der Waals surface area contributed by atoms with Crippen LogP contribution < -0.4 is 10.1 Å². The summed E-state index contributed by atoms with van der Waals surface area (Å²) in [6, 6.07) is 11.0. The Morgan fingerprint density at radius 1 is 1.35 bits per heavy atom. The fourth-order valence-corrected chi connectivity index (χ4v) is 5.02. The van der Waals surface area contributed by atoms with E-state index in [0.717, 1.165) is 17.2 Å². The van der Waals surface area contributed by atoms with Crippen LogP contribution in [-0.2, 0) is 16.4 Å². The van der Waals surface area contributed by atoms with E-state index < -0.39 is 9.84 Å². The molecule has 2 heterocycles. The first-order valence-corrected chi connectivity index (χ1v) is 10.7. The molecule has 0 aliphatic carbocycles. The first-order valence-electron chi connectivity index (χ1n) is 8.50. The third-order valence-electron chi connectivity index (χ3n) is 4.23. The summed E-state index contributed by atoms with van der Waals surface area (Å²) in [4.78, 5) is 1.90. The second-order valence-corrected chi connectivity index (χ2v) is 8.77. The molecule has 6 nitrogen and oxygen atoms in total. The van der Waals surface area contributed by atoms with Gasteiger partial charge in [0.25, 0.3) is 0 Å². The van der Waals surface area contributed by atoms with Crippen molar-refractivity contribution in [2.45, 2.75) is 25.9 Å². The summed E-state index contributed by atoms with van der Waals surface area (Å²) < 4.78 is 34.7. The fourth-order valence-electron chi connectivity index (χ4n) is 2.95. The normalized spacial score (nSPS) is 18.4. The summed E-state index contributed by atoms with van der Waals surface area (Å²) in [6.07, 6.45) is 2.16. The molecular weight excluding hydrogens is 372 g/mol. The van der Waals surface area contributed by atoms with Gasteiger partial charge in [0.15, 0.2) is 14.9 Å². The molecular formula is C18H22N2O4S2. The molecule has 1 aromatic carbocycles. The van der Waals surface area contributed by atoms with Crippen LogP contribution in [0.4, 0.5) is 5.69 Å². The number of rotatable bonds is 6. The van der Waals surface area contributed by atoms with Gasteiger partial charge < -0.3 is 19.4 Å². The van der Waals surface area contributed by atoms with Crippen LogP contribution in [0.2, 0.25) is 0 Å². The summed E-state index contributed by atoms with van der Waals surface area (Å²) in [5.41, 5.74) is 0.823. The molecule has 0 spiro atoms. The molecule has 0 bridgehead atoms. The average Bonchev–Trinajstić information content (AvgIpc) is 3.23. The van der Waals surface area contributed by atoms with Crippen LogP contribution in [0, 0.1) is 0 Å². The van der Waals surface area contributed by atoms with E-state index in [1.165, 1.54) is 0 Å². The van der Waals surface area contributed by atoms with Crippen LogP contribution in [0.1, 0.15) is 19.1 Å². The van der Waals surface area contributed by atoms with Gasteiger partial charge in [0.1, 0.15) is 11.5 Å². The maximum atomic E-state index is 11.9. The highest BCUT2D eigenvalue weighted by molar-refractivity contribution is 7.91. The van der Waals surface area contributed by atoms with Gasteiger partial charge in [-0.25, -0.2) is 8.42 Å². The van der Waals surface area contributed by atoms with Crippen molar-refractivity contribution < 1.29 is 17.6 Å². The molecule has 2 aromatic rings. The number of hydrogen-bond donors (Lipinski definition) is 1. The average molecular weight is 395 g/mol. The highest BCUT2D eigenvalue weighted by Gasteiger charge is 2.34. The van der Waals surface area contributed by atoms with Gasteiger partial charge in [-0.15, -0.1) is 0 Å². The highest BCUT2D eigenvalue weighted by Crippen LogP contribution is 2.22. The van der Waals surface area contributed by atoms with Crippen LogP contribution in [0.5, 0.6) is 5.75 Å². The second-order valence-electron chi connectivity index (χ2n) is 6.15. The van der Waals surface area contributed by atoms with Gasteiger partial charge in [0.2, 0.25) is 0 Å². The van der Waals surface area contributed by atoms with Crippen molar-refractivity contribution in [3.8, 4) is 5.75 Å². The lowest BCUT2D eigenvalue weighted by atomic mass is 10.2. The molecule has 1 atom stereocenters. The lowest BCUT2D eigenvalue weighted by Gasteiger charge is -2.30. The smallest absolute Gasteiger partial charge is 0.174 e. The molecule has 26 heavy (non-hydrogen) atoms. The molecule has 140 valence electrons. The zero-order valence-corrected chi connectivity index (χ0v) is 16.2. The van der Waals surface area contributed by atoms with Crippen molar-refractivity contribution in [1.82, 2.24) is 4.90 Å². The molecule has 1 aliphatic heterocycles. The highest BCUT2D eigenvalue weighted by atomic mass is 32.2.